The zero-order valence-corrected chi connectivity index (χ0v) is 13.9. The Bertz CT molecular complexity index is 246. The molecule has 2 atom stereocenters. The summed E-state index contributed by atoms with van der Waals surface area (Å²) in [5, 5.41) is 19.7. The zero-order valence-electron chi connectivity index (χ0n) is 13.1. The second-order valence-electron chi connectivity index (χ2n) is 6.66. The van der Waals surface area contributed by atoms with E-state index < -0.39 is 6.10 Å². The second kappa shape index (κ2) is 9.71. The molecule has 0 rings (SSSR count). The van der Waals surface area contributed by atoms with E-state index in [1.807, 2.05) is 20.8 Å². The predicted octanol–water partition coefficient (Wildman–Crippen LogP) is 5.04. The van der Waals surface area contributed by atoms with Gasteiger partial charge in [0.2, 0.25) is 0 Å². The molecule has 0 heterocycles. The van der Waals surface area contributed by atoms with Gasteiger partial charge in [-0.25, -0.2) is 0 Å². The van der Waals surface area contributed by atoms with Gasteiger partial charge in [-0.1, -0.05) is 72.6 Å². The van der Waals surface area contributed by atoms with Crippen LogP contribution in [0.3, 0.4) is 0 Å². The van der Waals surface area contributed by atoms with Crippen molar-refractivity contribution >= 4 is 17.3 Å². The number of hydrogen-bond acceptors (Lipinski definition) is 2. The van der Waals surface area contributed by atoms with E-state index in [9.17, 15) is 10.2 Å². The summed E-state index contributed by atoms with van der Waals surface area (Å²) in [5.41, 5.74) is -0.188. The van der Waals surface area contributed by atoms with Crippen molar-refractivity contribution in [3.05, 3.63) is 0 Å². The lowest BCUT2D eigenvalue weighted by Gasteiger charge is -2.32. The van der Waals surface area contributed by atoms with Crippen LogP contribution < -0.4 is 0 Å². The van der Waals surface area contributed by atoms with Crippen LogP contribution in [0.25, 0.3) is 0 Å². The summed E-state index contributed by atoms with van der Waals surface area (Å²) < 4.78 is 0. The largest absolute Gasteiger partial charge is 0.502 e. The highest BCUT2D eigenvalue weighted by molar-refractivity contribution is 7.80. The van der Waals surface area contributed by atoms with Crippen LogP contribution in [-0.2, 0) is 0 Å². The number of hydrogen-bond donors (Lipinski definition) is 2. The van der Waals surface area contributed by atoms with Gasteiger partial charge in [-0.2, -0.15) is 0 Å². The molecule has 0 radical (unpaired) electrons. The lowest BCUT2D eigenvalue weighted by atomic mass is 9.76. The molecule has 0 saturated carbocycles. The van der Waals surface area contributed by atoms with Crippen LogP contribution in [0.15, 0.2) is 0 Å². The van der Waals surface area contributed by atoms with Crippen molar-refractivity contribution in [3.63, 3.8) is 0 Å². The van der Waals surface area contributed by atoms with Gasteiger partial charge in [-0.3, -0.25) is 0 Å². The third kappa shape index (κ3) is 8.59. The third-order valence-corrected chi connectivity index (χ3v) is 3.94. The molecule has 2 N–H and O–H groups in total. The van der Waals surface area contributed by atoms with Crippen LogP contribution in [0.1, 0.15) is 79.1 Å². The average molecular weight is 288 g/mol. The Morgan fingerprint density at radius 2 is 1.47 bits per heavy atom. The Balaban J connectivity index is 3.89. The van der Waals surface area contributed by atoms with Crippen molar-refractivity contribution in [1.29, 1.82) is 0 Å². The first-order valence-electron chi connectivity index (χ1n) is 7.71. The number of aliphatic hydroxyl groups excluding tert-OH is 2. The molecule has 0 bridgehead atoms. The van der Waals surface area contributed by atoms with E-state index in [2.05, 4.69) is 6.92 Å². The maximum absolute atomic E-state index is 10.2. The summed E-state index contributed by atoms with van der Waals surface area (Å²) >= 11 is 4.89. The SMILES string of the molecule is CCCCCCCCCC(O)[C@@H](C(O)=S)C(C)(C)C. The minimum atomic E-state index is -0.520. The van der Waals surface area contributed by atoms with E-state index in [1.165, 1.54) is 32.1 Å². The molecular weight excluding hydrogens is 256 g/mol. The summed E-state index contributed by atoms with van der Waals surface area (Å²) in [5.74, 6) is -0.303. The van der Waals surface area contributed by atoms with Crippen LogP contribution in [0.4, 0.5) is 0 Å². The highest BCUT2D eigenvalue weighted by Gasteiger charge is 2.34. The van der Waals surface area contributed by atoms with Crippen LogP contribution in [0.5, 0.6) is 0 Å². The van der Waals surface area contributed by atoms with Gasteiger partial charge in [0.05, 0.1) is 12.0 Å². The molecule has 0 amide bonds. The zero-order chi connectivity index (χ0) is 14.9. The molecule has 0 aromatic carbocycles. The number of unbranched alkanes of at least 4 members (excludes halogenated alkanes) is 6. The van der Waals surface area contributed by atoms with E-state index in [1.54, 1.807) is 0 Å². The highest BCUT2D eigenvalue weighted by atomic mass is 32.1. The van der Waals surface area contributed by atoms with E-state index >= 15 is 0 Å². The summed E-state index contributed by atoms with van der Waals surface area (Å²) in [4.78, 5) is 0. The Hall–Kier alpha value is -0.150. The maximum atomic E-state index is 10.2. The van der Waals surface area contributed by atoms with E-state index in [0.29, 0.717) is 0 Å². The molecule has 0 aromatic rings. The number of rotatable bonds is 10. The van der Waals surface area contributed by atoms with Gasteiger partial charge in [-0.15, -0.1) is 0 Å². The minimum absolute atomic E-state index is 0.0528. The Morgan fingerprint density at radius 1 is 1.00 bits per heavy atom. The summed E-state index contributed by atoms with van der Waals surface area (Å²) in [6, 6.07) is 0. The highest BCUT2D eigenvalue weighted by Crippen LogP contribution is 2.31. The van der Waals surface area contributed by atoms with Crippen molar-refractivity contribution in [2.24, 2.45) is 11.3 Å². The topological polar surface area (TPSA) is 40.5 Å². The fourth-order valence-electron chi connectivity index (χ4n) is 2.59. The maximum Gasteiger partial charge on any atom is 0.162 e. The number of aliphatic hydroxyl groups is 2. The molecule has 2 nitrogen and oxygen atoms in total. The third-order valence-electron chi connectivity index (χ3n) is 3.69. The fourth-order valence-corrected chi connectivity index (χ4v) is 3.10. The first-order valence-corrected chi connectivity index (χ1v) is 8.12. The summed E-state index contributed by atoms with van der Waals surface area (Å²) in [6.45, 7) is 8.25. The lowest BCUT2D eigenvalue weighted by molar-refractivity contribution is 0.0661. The van der Waals surface area contributed by atoms with E-state index in [4.69, 9.17) is 12.2 Å². The molecule has 0 aromatic heterocycles. The van der Waals surface area contributed by atoms with Crippen molar-refractivity contribution in [1.82, 2.24) is 0 Å². The van der Waals surface area contributed by atoms with Gasteiger partial charge in [0.1, 0.15) is 0 Å². The molecule has 0 fully saturated rings. The molecule has 0 spiro atoms. The summed E-state index contributed by atoms with van der Waals surface area (Å²) in [7, 11) is 0. The van der Waals surface area contributed by atoms with Crippen LogP contribution in [-0.4, -0.2) is 21.4 Å². The molecule has 0 aliphatic rings. The second-order valence-corrected chi connectivity index (χ2v) is 7.08. The van der Waals surface area contributed by atoms with Gasteiger partial charge in [0.25, 0.3) is 0 Å². The van der Waals surface area contributed by atoms with Crippen molar-refractivity contribution < 1.29 is 10.2 Å². The van der Waals surface area contributed by atoms with Crippen LogP contribution in [0.2, 0.25) is 0 Å². The lowest BCUT2D eigenvalue weighted by Crippen LogP contribution is -2.37. The van der Waals surface area contributed by atoms with Crippen LogP contribution >= 0.6 is 12.2 Å². The van der Waals surface area contributed by atoms with Crippen LogP contribution in [0, 0.1) is 11.3 Å². The van der Waals surface area contributed by atoms with Gasteiger partial charge < -0.3 is 10.2 Å². The number of thiocarbonyl (C=S) groups is 1. The quantitative estimate of drug-likeness (QED) is 0.437. The van der Waals surface area contributed by atoms with E-state index in [-0.39, 0.29) is 16.4 Å². The van der Waals surface area contributed by atoms with Crippen molar-refractivity contribution in [2.45, 2.75) is 85.2 Å². The van der Waals surface area contributed by atoms with Gasteiger partial charge >= 0.3 is 0 Å². The van der Waals surface area contributed by atoms with Crippen molar-refractivity contribution in [3.8, 4) is 0 Å². The molecule has 19 heavy (non-hydrogen) atoms. The molecule has 1 unspecified atom stereocenters. The Morgan fingerprint density at radius 3 is 1.89 bits per heavy atom. The Kier molecular flexibility index (Phi) is 9.63. The molecule has 0 saturated heterocycles. The predicted molar refractivity (Wildman–Crippen MR) is 86.8 cm³/mol. The normalized spacial score (nSPS) is 15.2. The minimum Gasteiger partial charge on any atom is -0.502 e. The smallest absolute Gasteiger partial charge is 0.162 e. The molecule has 3 heteroatoms. The molecular formula is C16H32O2S. The standard InChI is InChI=1S/C16H32O2S/c1-5-6-7-8-9-10-11-12-13(17)14(15(18)19)16(2,3)4/h13-14,17H,5-12H2,1-4H3,(H,18,19)/t13?,14-/m0/s1. The van der Waals surface area contributed by atoms with Gasteiger partial charge in [0.15, 0.2) is 5.05 Å². The molecule has 0 aliphatic carbocycles. The molecule has 0 aliphatic heterocycles. The summed E-state index contributed by atoms with van der Waals surface area (Å²) in [6.07, 6.45) is 8.86. The van der Waals surface area contributed by atoms with Gasteiger partial charge in [-0.05, 0) is 24.1 Å². The van der Waals surface area contributed by atoms with Crippen molar-refractivity contribution in [2.75, 3.05) is 0 Å². The fraction of sp³-hybridized carbons (Fsp3) is 0.938. The first kappa shape index (κ1) is 18.9. The average Bonchev–Trinajstić information content (AvgIpc) is 2.25. The monoisotopic (exact) mass is 288 g/mol. The van der Waals surface area contributed by atoms with Gasteiger partial charge in [0, 0.05) is 0 Å². The first-order chi connectivity index (χ1) is 8.80. The molecule has 114 valence electrons. The van der Waals surface area contributed by atoms with E-state index in [0.717, 1.165) is 19.3 Å². The Labute approximate surface area is 124 Å².